The van der Waals surface area contributed by atoms with Crippen LogP contribution in [0.5, 0.6) is 5.75 Å². The summed E-state index contributed by atoms with van der Waals surface area (Å²) in [6, 6.07) is 20.6. The van der Waals surface area contributed by atoms with Gasteiger partial charge in [-0.2, -0.15) is 0 Å². The van der Waals surface area contributed by atoms with Gasteiger partial charge >= 0.3 is 0 Å². The van der Waals surface area contributed by atoms with Crippen LogP contribution in [0.15, 0.2) is 82.6 Å². The summed E-state index contributed by atoms with van der Waals surface area (Å²) in [5.41, 5.74) is 1.40. The Bertz CT molecular complexity index is 1180. The van der Waals surface area contributed by atoms with Crippen LogP contribution < -0.4 is 14.4 Å². The van der Waals surface area contributed by atoms with Gasteiger partial charge in [-0.3, -0.25) is 9.10 Å². The van der Waals surface area contributed by atoms with Crippen LogP contribution in [0.4, 0.5) is 5.69 Å². The van der Waals surface area contributed by atoms with Gasteiger partial charge in [-0.25, -0.2) is 8.42 Å². The molecule has 0 heterocycles. The van der Waals surface area contributed by atoms with E-state index in [9.17, 15) is 13.2 Å². The molecule has 0 saturated heterocycles. The topological polar surface area (TPSA) is 75.7 Å². The van der Waals surface area contributed by atoms with Crippen molar-refractivity contribution in [3.63, 3.8) is 0 Å². The van der Waals surface area contributed by atoms with E-state index in [2.05, 4.69) is 5.32 Å². The SMILES string of the molecule is CSc1ccc(S(=O)(=O)N(CC(=O)NCCOc2ccccc2Cl)c2ccc(C)cc2)cc1. The first-order valence-corrected chi connectivity index (χ1v) is 13.2. The molecule has 174 valence electrons. The molecule has 6 nitrogen and oxygen atoms in total. The Morgan fingerprint density at radius 2 is 1.70 bits per heavy atom. The zero-order valence-electron chi connectivity index (χ0n) is 18.3. The number of hydrogen-bond acceptors (Lipinski definition) is 5. The van der Waals surface area contributed by atoms with Gasteiger partial charge < -0.3 is 10.1 Å². The average molecular weight is 505 g/mol. The van der Waals surface area contributed by atoms with Gasteiger partial charge in [-0.05, 0) is 61.7 Å². The zero-order valence-corrected chi connectivity index (χ0v) is 20.7. The maximum atomic E-state index is 13.4. The van der Waals surface area contributed by atoms with Crippen molar-refractivity contribution in [1.29, 1.82) is 0 Å². The molecular formula is C24H25ClN2O4S2. The summed E-state index contributed by atoms with van der Waals surface area (Å²) in [5.74, 6) is 0.0774. The Labute approximate surface area is 204 Å². The lowest BCUT2D eigenvalue weighted by molar-refractivity contribution is -0.119. The fraction of sp³-hybridized carbons (Fsp3) is 0.208. The van der Waals surface area contributed by atoms with E-state index in [0.29, 0.717) is 16.5 Å². The van der Waals surface area contributed by atoms with Crippen molar-refractivity contribution in [3.05, 3.63) is 83.4 Å². The molecule has 0 aromatic heterocycles. The van der Waals surface area contributed by atoms with E-state index in [1.54, 1.807) is 60.7 Å². The van der Waals surface area contributed by atoms with Gasteiger partial charge in [0.25, 0.3) is 10.0 Å². The number of carbonyl (C=O) groups excluding carboxylic acids is 1. The Balaban J connectivity index is 1.72. The first-order chi connectivity index (χ1) is 15.8. The number of anilines is 1. The minimum Gasteiger partial charge on any atom is -0.490 e. The van der Waals surface area contributed by atoms with Gasteiger partial charge in [0.05, 0.1) is 22.2 Å². The minimum atomic E-state index is -3.95. The average Bonchev–Trinajstić information content (AvgIpc) is 2.82. The first kappa shape index (κ1) is 25.0. The normalized spacial score (nSPS) is 11.1. The fourth-order valence-electron chi connectivity index (χ4n) is 3.00. The van der Waals surface area contributed by atoms with Gasteiger partial charge in [0, 0.05) is 4.90 Å². The number of amides is 1. The maximum absolute atomic E-state index is 13.4. The van der Waals surface area contributed by atoms with E-state index in [1.807, 2.05) is 25.3 Å². The van der Waals surface area contributed by atoms with Crippen molar-refractivity contribution in [2.24, 2.45) is 0 Å². The van der Waals surface area contributed by atoms with Crippen molar-refractivity contribution >= 4 is 45.0 Å². The second kappa shape index (κ2) is 11.4. The highest BCUT2D eigenvalue weighted by Gasteiger charge is 2.27. The molecule has 0 spiro atoms. The van der Waals surface area contributed by atoms with E-state index in [0.717, 1.165) is 14.8 Å². The molecule has 0 aliphatic rings. The van der Waals surface area contributed by atoms with Crippen LogP contribution in [-0.2, 0) is 14.8 Å². The predicted molar refractivity (Wildman–Crippen MR) is 134 cm³/mol. The molecule has 0 fully saturated rings. The van der Waals surface area contributed by atoms with Gasteiger partial charge in [0.1, 0.15) is 18.9 Å². The number of nitrogens with one attached hydrogen (secondary N) is 1. The lowest BCUT2D eigenvalue weighted by Gasteiger charge is -2.24. The molecular weight excluding hydrogens is 480 g/mol. The second-order valence-corrected chi connectivity index (χ2v) is 10.3. The Hall–Kier alpha value is -2.68. The lowest BCUT2D eigenvalue weighted by Crippen LogP contribution is -2.41. The summed E-state index contributed by atoms with van der Waals surface area (Å²) in [5, 5.41) is 3.19. The molecule has 1 amide bonds. The van der Waals surface area contributed by atoms with Gasteiger partial charge in [-0.15, -0.1) is 11.8 Å². The van der Waals surface area contributed by atoms with Crippen molar-refractivity contribution in [2.75, 3.05) is 30.3 Å². The molecule has 0 saturated carbocycles. The van der Waals surface area contributed by atoms with E-state index in [-0.39, 0.29) is 24.6 Å². The molecule has 3 rings (SSSR count). The van der Waals surface area contributed by atoms with E-state index in [4.69, 9.17) is 16.3 Å². The van der Waals surface area contributed by atoms with E-state index >= 15 is 0 Å². The Morgan fingerprint density at radius 1 is 1.03 bits per heavy atom. The summed E-state index contributed by atoms with van der Waals surface area (Å²) in [6.07, 6.45) is 1.92. The van der Waals surface area contributed by atoms with Crippen molar-refractivity contribution < 1.29 is 17.9 Å². The molecule has 0 radical (unpaired) electrons. The molecule has 0 unspecified atom stereocenters. The number of benzene rings is 3. The van der Waals surface area contributed by atoms with Crippen molar-refractivity contribution in [2.45, 2.75) is 16.7 Å². The van der Waals surface area contributed by atoms with Crippen LogP contribution in [0.25, 0.3) is 0 Å². The third kappa shape index (κ3) is 6.66. The number of nitrogens with zero attached hydrogens (tertiary/aromatic N) is 1. The van der Waals surface area contributed by atoms with Crippen LogP contribution in [0.3, 0.4) is 0 Å². The van der Waals surface area contributed by atoms with Gasteiger partial charge in [-0.1, -0.05) is 41.4 Å². The molecule has 3 aromatic carbocycles. The van der Waals surface area contributed by atoms with Crippen LogP contribution in [0, 0.1) is 6.92 Å². The molecule has 9 heteroatoms. The van der Waals surface area contributed by atoms with Crippen molar-refractivity contribution in [1.82, 2.24) is 5.32 Å². The predicted octanol–water partition coefficient (Wildman–Crippen LogP) is 4.76. The standard InChI is InChI=1S/C24H25ClN2O4S2/c1-18-7-9-19(10-8-18)27(33(29,30)21-13-11-20(32-2)12-14-21)17-24(28)26-15-16-31-23-6-4-3-5-22(23)25/h3-14H,15-17H2,1-2H3,(H,26,28). The number of carbonyl (C=O) groups is 1. The summed E-state index contributed by atoms with van der Waals surface area (Å²) >= 11 is 7.58. The molecule has 0 aliphatic heterocycles. The summed E-state index contributed by atoms with van der Waals surface area (Å²) < 4.78 is 33.5. The van der Waals surface area contributed by atoms with Crippen LogP contribution in [-0.4, -0.2) is 40.3 Å². The third-order valence-electron chi connectivity index (χ3n) is 4.78. The molecule has 33 heavy (non-hydrogen) atoms. The van der Waals surface area contributed by atoms with Crippen LogP contribution in [0.1, 0.15) is 5.56 Å². The Kier molecular flexibility index (Phi) is 8.66. The van der Waals surface area contributed by atoms with Gasteiger partial charge in [0.15, 0.2) is 0 Å². The number of halogens is 1. The zero-order chi connectivity index (χ0) is 23.8. The number of thioether (sulfide) groups is 1. The number of hydrogen-bond donors (Lipinski definition) is 1. The maximum Gasteiger partial charge on any atom is 0.264 e. The monoisotopic (exact) mass is 504 g/mol. The number of aryl methyl sites for hydroxylation is 1. The number of rotatable bonds is 10. The fourth-order valence-corrected chi connectivity index (χ4v) is 5.02. The smallest absolute Gasteiger partial charge is 0.264 e. The highest BCUT2D eigenvalue weighted by molar-refractivity contribution is 7.98. The Morgan fingerprint density at radius 3 is 2.33 bits per heavy atom. The lowest BCUT2D eigenvalue weighted by atomic mass is 10.2. The minimum absolute atomic E-state index is 0.121. The largest absolute Gasteiger partial charge is 0.490 e. The highest BCUT2D eigenvalue weighted by Crippen LogP contribution is 2.26. The molecule has 0 bridgehead atoms. The van der Waals surface area contributed by atoms with Crippen LogP contribution in [0.2, 0.25) is 5.02 Å². The molecule has 0 atom stereocenters. The third-order valence-corrected chi connectivity index (χ3v) is 7.62. The van der Waals surface area contributed by atoms with E-state index < -0.39 is 15.9 Å². The molecule has 0 aliphatic carbocycles. The quantitative estimate of drug-likeness (QED) is 0.318. The number of para-hydroxylation sites is 1. The van der Waals surface area contributed by atoms with Crippen LogP contribution >= 0.6 is 23.4 Å². The molecule has 3 aromatic rings. The molecule has 1 N–H and O–H groups in total. The number of sulfonamides is 1. The summed E-state index contributed by atoms with van der Waals surface area (Å²) in [7, 11) is -3.95. The van der Waals surface area contributed by atoms with Gasteiger partial charge in [0.2, 0.25) is 5.91 Å². The summed E-state index contributed by atoms with van der Waals surface area (Å²) in [6.45, 7) is 1.95. The second-order valence-electron chi connectivity index (χ2n) is 7.15. The number of ether oxygens (including phenoxy) is 1. The van der Waals surface area contributed by atoms with Crippen molar-refractivity contribution in [3.8, 4) is 5.75 Å². The highest BCUT2D eigenvalue weighted by atomic mass is 35.5. The summed E-state index contributed by atoms with van der Waals surface area (Å²) in [4.78, 5) is 13.7. The first-order valence-electron chi connectivity index (χ1n) is 10.2. The van der Waals surface area contributed by atoms with E-state index in [1.165, 1.54) is 11.8 Å².